The number of hydrogen-bond acceptors (Lipinski definition) is 3. The maximum Gasteiger partial charge on any atom is 0.334 e. The number of rotatable bonds is 5. The molecule has 0 aromatic heterocycles. The quantitative estimate of drug-likeness (QED) is 0.237. The first-order valence-electron chi connectivity index (χ1n) is 8.98. The van der Waals surface area contributed by atoms with Crippen molar-refractivity contribution in [2.45, 2.75) is 12.5 Å². The predicted molar refractivity (Wildman–Crippen MR) is 121 cm³/mol. The zero-order valence-corrected chi connectivity index (χ0v) is 18.1. The Morgan fingerprint density at radius 2 is 1.07 bits per heavy atom. The van der Waals surface area contributed by atoms with Crippen LogP contribution >= 0.6 is 6.72 Å². The normalized spacial score (nSPS) is 11.1. The molecule has 0 aliphatic heterocycles. The minimum Gasteiger partial charge on any atom is -0.441 e. The molecule has 0 saturated carbocycles. The van der Waals surface area contributed by atoms with Crippen molar-refractivity contribution in [2.24, 2.45) is 0 Å². The Morgan fingerprint density at radius 3 is 1.30 bits per heavy atom. The van der Waals surface area contributed by atoms with Gasteiger partial charge in [0, 0.05) is 22.3 Å². The Bertz CT molecular complexity index is 912. The van der Waals surface area contributed by atoms with Crippen LogP contribution in [0.2, 0.25) is 0 Å². The first-order chi connectivity index (χ1) is 14.1. The summed E-state index contributed by atoms with van der Waals surface area (Å²) in [5.41, 5.74) is 2.01. The van der Waals surface area contributed by atoms with Crippen molar-refractivity contribution < 1.29 is 24.2 Å². The van der Waals surface area contributed by atoms with Crippen LogP contribution in [0.15, 0.2) is 103 Å². The summed E-state index contributed by atoms with van der Waals surface area (Å²) in [6.45, 7) is 1.60. The van der Waals surface area contributed by atoms with E-state index in [-0.39, 0.29) is 0 Å². The third kappa shape index (κ3) is 6.46. The third-order valence-electron chi connectivity index (χ3n) is 4.14. The van der Waals surface area contributed by atoms with Gasteiger partial charge in [-0.2, -0.15) is 0 Å². The highest BCUT2D eigenvalue weighted by atomic mass is 32.5. The van der Waals surface area contributed by atoms with Crippen LogP contribution in [-0.2, 0) is 26.9 Å². The van der Waals surface area contributed by atoms with Crippen molar-refractivity contribution in [3.05, 3.63) is 120 Å². The molecule has 0 aliphatic rings. The van der Waals surface area contributed by atoms with E-state index in [1.165, 1.54) is 0 Å². The van der Waals surface area contributed by atoms with Gasteiger partial charge in [-0.1, -0.05) is 97.6 Å². The van der Waals surface area contributed by atoms with Gasteiger partial charge in [-0.05, 0) is 18.7 Å². The molecule has 0 bridgehead atoms. The van der Waals surface area contributed by atoms with Crippen LogP contribution in [0, 0.1) is 0 Å². The fraction of sp³-hybridized carbons (Fsp3) is 0.0870. The SMILES string of the molecule is C=C(C)C(=O)OC(c1ccccc1)(c1ccccc1)c1ccccc1.OP(O)(O)=S. The summed E-state index contributed by atoms with van der Waals surface area (Å²) in [7, 11) is 0. The van der Waals surface area contributed by atoms with Crippen molar-refractivity contribution in [1.82, 2.24) is 0 Å². The number of hydrogen-bond donors (Lipinski definition) is 3. The van der Waals surface area contributed by atoms with Crippen molar-refractivity contribution in [3.63, 3.8) is 0 Å². The lowest BCUT2D eigenvalue weighted by Gasteiger charge is -2.35. The molecule has 0 saturated heterocycles. The molecule has 0 spiro atoms. The first kappa shape index (κ1) is 23.7. The molecule has 7 heteroatoms. The Balaban J connectivity index is 0.000000575. The van der Waals surface area contributed by atoms with Gasteiger partial charge >= 0.3 is 12.7 Å². The summed E-state index contributed by atoms with van der Waals surface area (Å²) in [6, 6.07) is 29.4. The van der Waals surface area contributed by atoms with E-state index in [1.807, 2.05) is 91.0 Å². The average molecular weight is 442 g/mol. The van der Waals surface area contributed by atoms with E-state index in [0.717, 1.165) is 16.7 Å². The van der Waals surface area contributed by atoms with E-state index in [9.17, 15) is 4.79 Å². The zero-order valence-electron chi connectivity index (χ0n) is 16.4. The lowest BCUT2D eigenvalue weighted by Crippen LogP contribution is -2.35. The summed E-state index contributed by atoms with van der Waals surface area (Å²) in [4.78, 5) is 35.2. The summed E-state index contributed by atoms with van der Waals surface area (Å²) in [5.74, 6) is -0.420. The van der Waals surface area contributed by atoms with Crippen LogP contribution < -0.4 is 0 Å². The molecular formula is C23H23O5PS. The topological polar surface area (TPSA) is 87.0 Å². The molecule has 3 aromatic rings. The van der Waals surface area contributed by atoms with E-state index < -0.39 is 18.3 Å². The summed E-state index contributed by atoms with van der Waals surface area (Å²) < 4.78 is 6.12. The van der Waals surface area contributed by atoms with Crippen molar-refractivity contribution in [3.8, 4) is 0 Å². The van der Waals surface area contributed by atoms with Crippen LogP contribution in [0.4, 0.5) is 0 Å². The van der Waals surface area contributed by atoms with E-state index in [1.54, 1.807) is 6.92 Å². The van der Waals surface area contributed by atoms with E-state index >= 15 is 0 Å². The zero-order chi connectivity index (χ0) is 22.2. The van der Waals surface area contributed by atoms with Gasteiger partial charge in [-0.15, -0.1) is 0 Å². The molecule has 0 radical (unpaired) electrons. The Hall–Kier alpha value is -2.60. The van der Waals surface area contributed by atoms with Crippen LogP contribution in [0.25, 0.3) is 0 Å². The highest BCUT2D eigenvalue weighted by Crippen LogP contribution is 2.40. The molecule has 0 fully saturated rings. The van der Waals surface area contributed by atoms with Gasteiger partial charge in [0.25, 0.3) is 0 Å². The number of carbonyl (C=O) groups is 1. The van der Waals surface area contributed by atoms with Gasteiger partial charge in [0.05, 0.1) is 0 Å². The Labute approximate surface area is 181 Å². The molecule has 0 heterocycles. The fourth-order valence-corrected chi connectivity index (χ4v) is 2.92. The molecule has 3 rings (SSSR count). The second-order valence-corrected chi connectivity index (χ2v) is 8.96. The molecule has 0 aliphatic carbocycles. The Kier molecular flexibility index (Phi) is 8.24. The molecule has 5 nitrogen and oxygen atoms in total. The molecule has 30 heavy (non-hydrogen) atoms. The van der Waals surface area contributed by atoms with Crippen LogP contribution in [0.1, 0.15) is 23.6 Å². The predicted octanol–water partition coefficient (Wildman–Crippen LogP) is 4.29. The fourth-order valence-electron chi connectivity index (χ4n) is 2.92. The lowest BCUT2D eigenvalue weighted by molar-refractivity contribution is -0.148. The number of benzene rings is 3. The highest BCUT2D eigenvalue weighted by molar-refractivity contribution is 8.06. The van der Waals surface area contributed by atoms with Crippen LogP contribution in [-0.4, -0.2) is 20.6 Å². The second-order valence-electron chi connectivity index (χ2n) is 6.46. The maximum atomic E-state index is 12.6. The summed E-state index contributed by atoms with van der Waals surface area (Å²) in [6.07, 6.45) is 0. The molecule has 3 N–H and O–H groups in total. The minimum atomic E-state index is -3.81. The van der Waals surface area contributed by atoms with Gasteiger partial charge in [-0.3, -0.25) is 0 Å². The summed E-state index contributed by atoms with van der Waals surface area (Å²) >= 11 is 3.60. The van der Waals surface area contributed by atoms with Gasteiger partial charge in [-0.25, -0.2) is 4.79 Å². The minimum absolute atomic E-state index is 0.368. The van der Waals surface area contributed by atoms with Gasteiger partial charge in [0.15, 0.2) is 5.60 Å². The van der Waals surface area contributed by atoms with Gasteiger partial charge in [0.1, 0.15) is 0 Å². The first-order valence-corrected chi connectivity index (χ1v) is 11.6. The van der Waals surface area contributed by atoms with Crippen molar-refractivity contribution in [2.75, 3.05) is 0 Å². The smallest absolute Gasteiger partial charge is 0.334 e. The molecular weight excluding hydrogens is 419 g/mol. The molecule has 0 amide bonds. The molecule has 0 atom stereocenters. The third-order valence-corrected chi connectivity index (χ3v) is 4.14. The average Bonchev–Trinajstić information content (AvgIpc) is 2.72. The van der Waals surface area contributed by atoms with Gasteiger partial charge < -0.3 is 19.4 Å². The largest absolute Gasteiger partial charge is 0.441 e. The number of ether oxygens (including phenoxy) is 1. The molecule has 0 unspecified atom stereocenters. The monoisotopic (exact) mass is 442 g/mol. The van der Waals surface area contributed by atoms with E-state index in [0.29, 0.717) is 5.57 Å². The van der Waals surface area contributed by atoms with Crippen molar-refractivity contribution >= 4 is 24.5 Å². The van der Waals surface area contributed by atoms with Gasteiger partial charge in [0.2, 0.25) is 0 Å². The highest BCUT2D eigenvalue weighted by Gasteiger charge is 2.40. The number of esters is 1. The Morgan fingerprint density at radius 1 is 0.800 bits per heavy atom. The lowest BCUT2D eigenvalue weighted by atomic mass is 9.80. The molecule has 156 valence electrons. The van der Waals surface area contributed by atoms with Crippen molar-refractivity contribution in [1.29, 1.82) is 0 Å². The standard InChI is InChI=1S/C23H20O2.H3O3PS/c1-18(2)22(24)25-23(19-12-6-3-7-13-19,20-14-8-4-9-15-20)21-16-10-5-11-17-21;1-4(2,3)5/h3-17H,1H2,2H3;(H3,1,2,3,5). The summed E-state index contributed by atoms with van der Waals surface area (Å²) in [5, 5.41) is 0. The maximum absolute atomic E-state index is 12.6. The number of carbonyl (C=O) groups excluding carboxylic acids is 1. The van der Waals surface area contributed by atoms with E-state index in [4.69, 9.17) is 19.4 Å². The van der Waals surface area contributed by atoms with Crippen LogP contribution in [0.3, 0.4) is 0 Å². The molecule has 3 aromatic carbocycles. The van der Waals surface area contributed by atoms with Crippen LogP contribution in [0.5, 0.6) is 0 Å². The van der Waals surface area contributed by atoms with E-state index in [2.05, 4.69) is 18.4 Å². The second kappa shape index (κ2) is 10.4.